The number of rotatable bonds is 2. The highest BCUT2D eigenvalue weighted by molar-refractivity contribution is 5.53. The molecular formula is C19H18N2O. The van der Waals surface area contributed by atoms with Crippen LogP contribution >= 0.6 is 0 Å². The average Bonchev–Trinajstić information content (AvgIpc) is 2.50. The lowest BCUT2D eigenvalue weighted by Gasteiger charge is -2.24. The Morgan fingerprint density at radius 2 is 2.00 bits per heavy atom. The van der Waals surface area contributed by atoms with Crippen LogP contribution in [0.3, 0.4) is 0 Å². The molecule has 0 fully saturated rings. The minimum atomic E-state index is -0.0457. The lowest BCUT2D eigenvalue weighted by molar-refractivity contribution is 0.316. The second kappa shape index (κ2) is 6.33. The molecule has 1 aliphatic heterocycles. The molecule has 0 radical (unpaired) electrons. The molecule has 0 N–H and O–H groups in total. The fourth-order valence-electron chi connectivity index (χ4n) is 2.27. The third kappa shape index (κ3) is 3.65. The molecule has 0 saturated heterocycles. The predicted octanol–water partition coefficient (Wildman–Crippen LogP) is 4.62. The highest BCUT2D eigenvalue weighted by Gasteiger charge is 2.19. The molecule has 0 amide bonds. The van der Waals surface area contributed by atoms with Gasteiger partial charge in [-0.1, -0.05) is 36.8 Å². The number of hydrogen-bond donors (Lipinski definition) is 0. The third-order valence-corrected chi connectivity index (χ3v) is 3.67. The molecule has 3 heteroatoms. The topological polar surface area (TPSA) is 56.8 Å². The molecule has 1 unspecified atom stereocenters. The molecule has 0 aromatic heterocycles. The smallest absolute Gasteiger partial charge is 0.137 e. The zero-order valence-electron chi connectivity index (χ0n) is 13.1. The molecule has 0 bridgehead atoms. The first-order valence-corrected chi connectivity index (χ1v) is 7.13. The van der Waals surface area contributed by atoms with Crippen LogP contribution in [0.15, 0.2) is 70.8 Å². The maximum absolute atomic E-state index is 8.99. The monoisotopic (exact) mass is 290 g/mol. The zero-order chi connectivity index (χ0) is 16.2. The van der Waals surface area contributed by atoms with Gasteiger partial charge in [-0.2, -0.15) is 10.5 Å². The summed E-state index contributed by atoms with van der Waals surface area (Å²) in [7, 11) is 0. The zero-order valence-corrected chi connectivity index (χ0v) is 13.1. The Morgan fingerprint density at radius 1 is 1.27 bits per heavy atom. The maximum Gasteiger partial charge on any atom is 0.137 e. The summed E-state index contributed by atoms with van der Waals surface area (Å²) in [5, 5.41) is 18.0. The van der Waals surface area contributed by atoms with Crippen molar-refractivity contribution in [2.45, 2.75) is 27.2 Å². The van der Waals surface area contributed by atoms with Crippen molar-refractivity contribution >= 4 is 0 Å². The molecule has 0 spiro atoms. The molecular weight excluding hydrogens is 272 g/mol. The summed E-state index contributed by atoms with van der Waals surface area (Å²) < 4.78 is 5.66. The number of nitriles is 2. The van der Waals surface area contributed by atoms with Gasteiger partial charge in [-0.3, -0.25) is 0 Å². The van der Waals surface area contributed by atoms with Crippen LogP contribution in [0.4, 0.5) is 0 Å². The first kappa shape index (κ1) is 15.6. The van der Waals surface area contributed by atoms with Crippen molar-refractivity contribution in [2.24, 2.45) is 5.41 Å². The van der Waals surface area contributed by atoms with Crippen LogP contribution in [-0.4, -0.2) is 0 Å². The summed E-state index contributed by atoms with van der Waals surface area (Å²) in [6.07, 6.45) is 14.9. The van der Waals surface area contributed by atoms with E-state index in [0.29, 0.717) is 17.1 Å². The standard InChI is InChI=1S/C19H18N2O/c1-14-4-7-19(3,8-5-14)9-6-18-11-16(10-15(2)22-18)17(12-20)13-21/h4-7,9-11H,8H2,1-3H3. The van der Waals surface area contributed by atoms with E-state index in [9.17, 15) is 0 Å². The van der Waals surface area contributed by atoms with E-state index >= 15 is 0 Å². The van der Waals surface area contributed by atoms with Gasteiger partial charge in [-0.15, -0.1) is 0 Å². The van der Waals surface area contributed by atoms with Crippen molar-refractivity contribution in [3.8, 4) is 12.1 Å². The van der Waals surface area contributed by atoms with Gasteiger partial charge in [-0.05, 0) is 38.5 Å². The normalized spacial score (nSPS) is 23.9. The largest absolute Gasteiger partial charge is 0.462 e. The number of hydrogen-bond acceptors (Lipinski definition) is 3. The fraction of sp³-hybridized carbons (Fsp3) is 0.263. The van der Waals surface area contributed by atoms with Crippen LogP contribution in [-0.2, 0) is 4.74 Å². The van der Waals surface area contributed by atoms with E-state index in [4.69, 9.17) is 15.3 Å². The molecule has 110 valence electrons. The summed E-state index contributed by atoms with van der Waals surface area (Å²) in [4.78, 5) is 0. The summed E-state index contributed by atoms with van der Waals surface area (Å²) in [5.74, 6) is 1.30. The van der Waals surface area contributed by atoms with Crippen LogP contribution in [0.25, 0.3) is 0 Å². The molecule has 1 heterocycles. The molecule has 3 nitrogen and oxygen atoms in total. The van der Waals surface area contributed by atoms with Crippen molar-refractivity contribution in [1.29, 1.82) is 10.5 Å². The van der Waals surface area contributed by atoms with Crippen LogP contribution in [0.1, 0.15) is 27.2 Å². The van der Waals surface area contributed by atoms with Crippen LogP contribution in [0.2, 0.25) is 0 Å². The van der Waals surface area contributed by atoms with Gasteiger partial charge >= 0.3 is 0 Å². The van der Waals surface area contributed by atoms with Crippen molar-refractivity contribution in [3.05, 3.63) is 70.8 Å². The van der Waals surface area contributed by atoms with Gasteiger partial charge in [0.25, 0.3) is 0 Å². The van der Waals surface area contributed by atoms with E-state index in [-0.39, 0.29) is 11.0 Å². The van der Waals surface area contributed by atoms with Gasteiger partial charge in [0, 0.05) is 11.0 Å². The average molecular weight is 290 g/mol. The quantitative estimate of drug-likeness (QED) is 0.697. The first-order chi connectivity index (χ1) is 10.5. The Balaban J connectivity index is 2.26. The van der Waals surface area contributed by atoms with Crippen molar-refractivity contribution in [2.75, 3.05) is 0 Å². The Bertz CT molecular complexity index is 729. The van der Waals surface area contributed by atoms with E-state index in [2.05, 4.69) is 38.2 Å². The third-order valence-electron chi connectivity index (χ3n) is 3.67. The van der Waals surface area contributed by atoms with E-state index < -0.39 is 0 Å². The molecule has 1 atom stereocenters. The van der Waals surface area contributed by atoms with Gasteiger partial charge in [0.05, 0.1) is 0 Å². The van der Waals surface area contributed by atoms with Crippen LogP contribution in [0, 0.1) is 28.1 Å². The number of allylic oxidation sites excluding steroid dienone is 11. The van der Waals surface area contributed by atoms with E-state index in [1.165, 1.54) is 5.57 Å². The lowest BCUT2D eigenvalue weighted by Crippen LogP contribution is -2.11. The van der Waals surface area contributed by atoms with Crippen LogP contribution in [0.5, 0.6) is 0 Å². The molecule has 0 aromatic rings. The van der Waals surface area contributed by atoms with Gasteiger partial charge in [0.2, 0.25) is 0 Å². The molecule has 2 aliphatic rings. The molecule has 0 saturated carbocycles. The lowest BCUT2D eigenvalue weighted by atomic mass is 9.82. The summed E-state index contributed by atoms with van der Waals surface area (Å²) >= 11 is 0. The van der Waals surface area contributed by atoms with Crippen molar-refractivity contribution in [1.82, 2.24) is 0 Å². The number of nitrogens with zero attached hydrogens (tertiary/aromatic N) is 2. The van der Waals surface area contributed by atoms with Gasteiger partial charge < -0.3 is 4.74 Å². The van der Waals surface area contributed by atoms with E-state index in [0.717, 1.165) is 6.42 Å². The Kier molecular flexibility index (Phi) is 4.49. The molecule has 22 heavy (non-hydrogen) atoms. The highest BCUT2D eigenvalue weighted by atomic mass is 16.5. The molecule has 1 aliphatic carbocycles. The minimum absolute atomic E-state index is 0.0457. The van der Waals surface area contributed by atoms with E-state index in [1.54, 1.807) is 12.2 Å². The van der Waals surface area contributed by atoms with Crippen LogP contribution < -0.4 is 0 Å². The minimum Gasteiger partial charge on any atom is -0.462 e. The summed E-state index contributed by atoms with van der Waals surface area (Å²) in [6.45, 7) is 6.05. The summed E-state index contributed by atoms with van der Waals surface area (Å²) in [6, 6.07) is 3.82. The summed E-state index contributed by atoms with van der Waals surface area (Å²) in [5.41, 5.74) is 1.91. The Morgan fingerprint density at radius 3 is 2.59 bits per heavy atom. The predicted molar refractivity (Wildman–Crippen MR) is 85.9 cm³/mol. The van der Waals surface area contributed by atoms with Crippen molar-refractivity contribution < 1.29 is 4.74 Å². The highest BCUT2D eigenvalue weighted by Crippen LogP contribution is 2.32. The second-order valence-electron chi connectivity index (χ2n) is 5.78. The SMILES string of the molecule is CC1=CCC(C)(C=CC2=CC(=C(C#N)C#N)C=C(C)O2)C=C1. The second-order valence-corrected chi connectivity index (χ2v) is 5.78. The maximum atomic E-state index is 8.99. The van der Waals surface area contributed by atoms with Gasteiger partial charge in [0.15, 0.2) is 0 Å². The fourth-order valence-corrected chi connectivity index (χ4v) is 2.27. The van der Waals surface area contributed by atoms with E-state index in [1.807, 2.05) is 25.1 Å². The molecule has 2 rings (SSSR count). The van der Waals surface area contributed by atoms with Crippen molar-refractivity contribution in [3.63, 3.8) is 0 Å². The molecule has 0 aromatic carbocycles. The number of ether oxygens (including phenoxy) is 1. The van der Waals surface area contributed by atoms with Gasteiger partial charge in [-0.25, -0.2) is 0 Å². The Hall–Kier alpha value is -2.78. The Labute approximate surface area is 131 Å². The first-order valence-electron chi connectivity index (χ1n) is 7.13. The van der Waals surface area contributed by atoms with Gasteiger partial charge in [0.1, 0.15) is 29.2 Å².